The van der Waals surface area contributed by atoms with Crippen LogP contribution >= 0.6 is 0 Å². The summed E-state index contributed by atoms with van der Waals surface area (Å²) in [6.45, 7) is 10.6. The van der Waals surface area contributed by atoms with Crippen LogP contribution in [-0.4, -0.2) is 27.8 Å². The van der Waals surface area contributed by atoms with Crippen LogP contribution in [0.15, 0.2) is 36.5 Å². The molecule has 0 unspecified atom stereocenters. The minimum absolute atomic E-state index is 0.225. The number of amides is 1. The molecule has 28 heavy (non-hydrogen) atoms. The molecule has 0 fully saturated rings. The van der Waals surface area contributed by atoms with E-state index in [1.54, 1.807) is 32.2 Å². The number of ether oxygens (including phenoxy) is 1. The number of pyridine rings is 1. The lowest BCUT2D eigenvalue weighted by Crippen LogP contribution is -2.34. The molecule has 150 valence electrons. The Morgan fingerprint density at radius 1 is 1.14 bits per heavy atom. The first-order valence-corrected chi connectivity index (χ1v) is 9.19. The normalized spacial score (nSPS) is 13.5. The summed E-state index contributed by atoms with van der Waals surface area (Å²) in [7, 11) is 0. The van der Waals surface area contributed by atoms with Crippen LogP contribution in [0.5, 0.6) is 0 Å². The quantitative estimate of drug-likeness (QED) is 0.762. The van der Waals surface area contributed by atoms with Crippen molar-refractivity contribution in [2.45, 2.75) is 53.2 Å². The SMILES string of the molecule is C[C@@H](NC(=O)OC(C)(C)C)c1ccc2cnc(C=CC(C)(C)C(=O)O)cc2c1. The fraction of sp³-hybridized carbons (Fsp3) is 0.409. The average Bonchev–Trinajstić information content (AvgIpc) is 2.57. The summed E-state index contributed by atoms with van der Waals surface area (Å²) in [6.07, 6.45) is 4.62. The molecule has 0 aliphatic carbocycles. The van der Waals surface area contributed by atoms with Crippen molar-refractivity contribution in [2.75, 3.05) is 0 Å². The molecule has 0 saturated heterocycles. The molecule has 2 aromatic rings. The van der Waals surface area contributed by atoms with Crippen LogP contribution in [0, 0.1) is 5.41 Å². The minimum Gasteiger partial charge on any atom is -0.481 e. The van der Waals surface area contributed by atoms with Crippen LogP contribution in [0.1, 0.15) is 58.8 Å². The van der Waals surface area contributed by atoms with Crippen molar-refractivity contribution in [3.63, 3.8) is 0 Å². The molecule has 2 N–H and O–H groups in total. The highest BCUT2D eigenvalue weighted by molar-refractivity contribution is 5.84. The van der Waals surface area contributed by atoms with Gasteiger partial charge in [-0.1, -0.05) is 18.2 Å². The fourth-order valence-corrected chi connectivity index (χ4v) is 2.47. The largest absolute Gasteiger partial charge is 0.481 e. The van der Waals surface area contributed by atoms with Crippen molar-refractivity contribution in [1.82, 2.24) is 10.3 Å². The summed E-state index contributed by atoms with van der Waals surface area (Å²) >= 11 is 0. The lowest BCUT2D eigenvalue weighted by Gasteiger charge is -2.22. The monoisotopic (exact) mass is 384 g/mol. The van der Waals surface area contributed by atoms with Gasteiger partial charge in [0.15, 0.2) is 0 Å². The van der Waals surface area contributed by atoms with Gasteiger partial charge >= 0.3 is 12.1 Å². The number of nitrogens with zero attached hydrogens (tertiary/aromatic N) is 1. The van der Waals surface area contributed by atoms with Crippen LogP contribution in [0.25, 0.3) is 16.8 Å². The van der Waals surface area contributed by atoms with E-state index in [-0.39, 0.29) is 6.04 Å². The van der Waals surface area contributed by atoms with Crippen molar-refractivity contribution in [3.8, 4) is 0 Å². The number of carbonyl (C=O) groups is 2. The highest BCUT2D eigenvalue weighted by Crippen LogP contribution is 2.23. The zero-order valence-corrected chi connectivity index (χ0v) is 17.2. The van der Waals surface area contributed by atoms with Gasteiger partial charge in [-0.25, -0.2) is 4.79 Å². The van der Waals surface area contributed by atoms with E-state index in [2.05, 4.69) is 10.3 Å². The van der Waals surface area contributed by atoms with E-state index in [4.69, 9.17) is 4.74 Å². The summed E-state index contributed by atoms with van der Waals surface area (Å²) in [4.78, 5) is 27.6. The van der Waals surface area contributed by atoms with Gasteiger partial charge in [0.25, 0.3) is 0 Å². The van der Waals surface area contributed by atoms with Crippen LogP contribution in [-0.2, 0) is 9.53 Å². The molecule has 0 aliphatic rings. The number of fused-ring (bicyclic) bond motifs is 1. The molecule has 0 radical (unpaired) electrons. The average molecular weight is 384 g/mol. The van der Waals surface area contributed by atoms with Crippen LogP contribution < -0.4 is 5.32 Å². The molecule has 2 rings (SSSR count). The van der Waals surface area contributed by atoms with Gasteiger partial charge in [-0.3, -0.25) is 9.78 Å². The maximum absolute atomic E-state index is 12.0. The highest BCUT2D eigenvalue weighted by Gasteiger charge is 2.23. The van der Waals surface area contributed by atoms with Crippen LogP contribution in [0.4, 0.5) is 4.79 Å². The van der Waals surface area contributed by atoms with E-state index in [1.807, 2.05) is 52.0 Å². The minimum atomic E-state index is -0.968. The van der Waals surface area contributed by atoms with E-state index >= 15 is 0 Å². The second kappa shape index (κ2) is 8.00. The van der Waals surface area contributed by atoms with Gasteiger partial charge in [0.05, 0.1) is 17.2 Å². The van der Waals surface area contributed by atoms with Crippen molar-refractivity contribution in [3.05, 3.63) is 47.8 Å². The molecule has 6 heteroatoms. The number of carbonyl (C=O) groups excluding carboxylic acids is 1. The van der Waals surface area contributed by atoms with Gasteiger partial charge in [0.2, 0.25) is 0 Å². The van der Waals surface area contributed by atoms with Gasteiger partial charge in [-0.05, 0) is 70.7 Å². The first kappa shape index (κ1) is 21.4. The van der Waals surface area contributed by atoms with Crippen LogP contribution in [0.3, 0.4) is 0 Å². The number of alkyl carbamates (subject to hydrolysis) is 1. The Kier molecular flexibility index (Phi) is 6.12. The number of hydrogen-bond acceptors (Lipinski definition) is 4. The number of benzene rings is 1. The van der Waals surface area contributed by atoms with Crippen LogP contribution in [0.2, 0.25) is 0 Å². The molecule has 0 bridgehead atoms. The summed E-state index contributed by atoms with van der Waals surface area (Å²) < 4.78 is 5.30. The van der Waals surface area contributed by atoms with E-state index in [9.17, 15) is 14.7 Å². The van der Waals surface area contributed by atoms with Gasteiger partial charge in [0.1, 0.15) is 5.60 Å². The molecule has 0 saturated carbocycles. The second-order valence-electron chi connectivity index (χ2n) is 8.44. The second-order valence-corrected chi connectivity index (χ2v) is 8.44. The number of carboxylic acid groups (broad SMARTS) is 1. The van der Waals surface area contributed by atoms with Crippen molar-refractivity contribution >= 4 is 28.9 Å². The number of nitrogens with one attached hydrogen (secondary N) is 1. The predicted octanol–water partition coefficient (Wildman–Crippen LogP) is 4.94. The molecule has 1 aromatic heterocycles. The lowest BCUT2D eigenvalue weighted by molar-refractivity contribution is -0.144. The Morgan fingerprint density at radius 2 is 1.82 bits per heavy atom. The maximum atomic E-state index is 12.0. The van der Waals surface area contributed by atoms with Gasteiger partial charge < -0.3 is 15.2 Å². The number of rotatable bonds is 5. The molecule has 0 aliphatic heterocycles. The first-order chi connectivity index (χ1) is 12.9. The standard InChI is InChI=1S/C22H28N2O4/c1-14(24-20(27)28-21(2,3)4)15-7-8-16-13-23-18(12-17(16)11-15)9-10-22(5,6)19(25)26/h7-14H,1-6H3,(H,24,27)(H,25,26)/t14-/m1/s1. The van der Waals surface area contributed by atoms with Gasteiger partial charge in [-0.15, -0.1) is 0 Å². The van der Waals surface area contributed by atoms with Crippen molar-refractivity contribution in [2.24, 2.45) is 5.41 Å². The topological polar surface area (TPSA) is 88.5 Å². The molecule has 1 heterocycles. The number of carboxylic acids is 1. The van der Waals surface area contributed by atoms with E-state index in [0.717, 1.165) is 16.3 Å². The van der Waals surface area contributed by atoms with Gasteiger partial charge in [0, 0.05) is 11.6 Å². The van der Waals surface area contributed by atoms with Gasteiger partial charge in [-0.2, -0.15) is 0 Å². The Hall–Kier alpha value is -2.89. The summed E-state index contributed by atoms with van der Waals surface area (Å²) in [5.41, 5.74) is 0.0887. The summed E-state index contributed by atoms with van der Waals surface area (Å²) in [6, 6.07) is 7.54. The number of aliphatic carboxylic acids is 1. The lowest BCUT2D eigenvalue weighted by atomic mass is 9.93. The van der Waals surface area contributed by atoms with Crippen molar-refractivity contribution in [1.29, 1.82) is 0 Å². The third-order valence-corrected chi connectivity index (χ3v) is 4.22. The van der Waals surface area contributed by atoms with Crippen molar-refractivity contribution < 1.29 is 19.4 Å². The third-order valence-electron chi connectivity index (χ3n) is 4.22. The Bertz CT molecular complexity index is 910. The maximum Gasteiger partial charge on any atom is 0.408 e. The number of aromatic nitrogens is 1. The van der Waals surface area contributed by atoms with E-state index in [1.165, 1.54) is 0 Å². The highest BCUT2D eigenvalue weighted by atomic mass is 16.6. The molecular weight excluding hydrogens is 356 g/mol. The molecule has 6 nitrogen and oxygen atoms in total. The first-order valence-electron chi connectivity index (χ1n) is 9.19. The molecule has 1 amide bonds. The Labute approximate surface area is 165 Å². The van der Waals surface area contributed by atoms with E-state index < -0.39 is 23.1 Å². The fourth-order valence-electron chi connectivity index (χ4n) is 2.47. The number of hydrogen-bond donors (Lipinski definition) is 2. The zero-order valence-electron chi connectivity index (χ0n) is 17.2. The smallest absolute Gasteiger partial charge is 0.408 e. The molecule has 1 atom stereocenters. The summed E-state index contributed by atoms with van der Waals surface area (Å²) in [5, 5.41) is 14.0. The Morgan fingerprint density at radius 3 is 2.43 bits per heavy atom. The zero-order chi connectivity index (χ0) is 21.1. The summed E-state index contributed by atoms with van der Waals surface area (Å²) in [5.74, 6) is -0.895. The molecular formula is C22H28N2O4. The predicted molar refractivity (Wildman–Crippen MR) is 110 cm³/mol. The third kappa shape index (κ3) is 5.81. The molecule has 0 spiro atoms. The van der Waals surface area contributed by atoms with E-state index in [0.29, 0.717) is 5.69 Å². The Balaban J connectivity index is 2.23. The molecule has 1 aromatic carbocycles.